The number of hydrogen-bond acceptors (Lipinski definition) is 3. The Morgan fingerprint density at radius 3 is 2.76 bits per heavy atom. The molecule has 0 amide bonds. The lowest BCUT2D eigenvalue weighted by Crippen LogP contribution is -2.44. The highest BCUT2D eigenvalue weighted by atomic mass is 35.5. The smallest absolute Gasteiger partial charge is 0.223 e. The number of nitrogens with one attached hydrogen (secondary N) is 1. The highest BCUT2D eigenvalue weighted by molar-refractivity contribution is 6.18. The molecule has 1 aromatic heterocycles. The van der Waals surface area contributed by atoms with Crippen LogP contribution in [0.2, 0.25) is 0 Å². The lowest BCUT2D eigenvalue weighted by atomic mass is 9.77. The van der Waals surface area contributed by atoms with Crippen LogP contribution in [0.4, 0.5) is 5.95 Å². The summed E-state index contributed by atoms with van der Waals surface area (Å²) in [5.41, 5.74) is 1.06. The van der Waals surface area contributed by atoms with Crippen LogP contribution in [0.15, 0.2) is 12.4 Å². The average molecular weight is 254 g/mol. The Hall–Kier alpha value is -0.830. The van der Waals surface area contributed by atoms with Gasteiger partial charge in [0.2, 0.25) is 5.95 Å². The van der Waals surface area contributed by atoms with E-state index >= 15 is 0 Å². The Morgan fingerprint density at radius 2 is 2.18 bits per heavy atom. The SMILES string of the molecule is Cc1cnc(NC2(CCl)CCCC(C)C2)nc1. The fraction of sp³-hybridized carbons (Fsp3) is 0.692. The van der Waals surface area contributed by atoms with Crippen molar-refractivity contribution in [2.75, 3.05) is 11.2 Å². The Bertz CT molecular complexity index is 365. The molecule has 0 radical (unpaired) electrons. The zero-order valence-corrected chi connectivity index (χ0v) is 11.3. The van der Waals surface area contributed by atoms with Crippen molar-refractivity contribution >= 4 is 17.5 Å². The summed E-state index contributed by atoms with van der Waals surface area (Å²) in [4.78, 5) is 8.62. The quantitative estimate of drug-likeness (QED) is 0.840. The summed E-state index contributed by atoms with van der Waals surface area (Å²) in [6.07, 6.45) is 8.42. The first-order valence-corrected chi connectivity index (χ1v) is 6.80. The van der Waals surface area contributed by atoms with E-state index in [-0.39, 0.29) is 5.54 Å². The van der Waals surface area contributed by atoms with Crippen LogP contribution in [-0.2, 0) is 0 Å². The standard InChI is InChI=1S/C13H20ClN3/c1-10-4-3-5-13(6-10,9-14)17-12-15-7-11(2)8-16-12/h7-8,10H,3-6,9H2,1-2H3,(H,15,16,17). The predicted octanol–water partition coefficient (Wildman–Crippen LogP) is 3.38. The summed E-state index contributed by atoms with van der Waals surface area (Å²) in [6, 6.07) is 0. The summed E-state index contributed by atoms with van der Waals surface area (Å²) in [7, 11) is 0. The van der Waals surface area contributed by atoms with Crippen LogP contribution in [-0.4, -0.2) is 21.4 Å². The van der Waals surface area contributed by atoms with Crippen LogP contribution in [0.5, 0.6) is 0 Å². The van der Waals surface area contributed by atoms with Gasteiger partial charge in [0.25, 0.3) is 0 Å². The van der Waals surface area contributed by atoms with Gasteiger partial charge < -0.3 is 5.32 Å². The molecule has 0 bridgehead atoms. The molecule has 4 heteroatoms. The number of rotatable bonds is 3. The molecule has 1 saturated carbocycles. The third kappa shape index (κ3) is 3.09. The minimum atomic E-state index is -0.0194. The molecular weight excluding hydrogens is 234 g/mol. The summed E-state index contributed by atoms with van der Waals surface area (Å²) in [5.74, 6) is 2.04. The van der Waals surface area contributed by atoms with Crippen LogP contribution >= 0.6 is 11.6 Å². The van der Waals surface area contributed by atoms with Crippen LogP contribution in [0.25, 0.3) is 0 Å². The van der Waals surface area contributed by atoms with Crippen molar-refractivity contribution in [3.05, 3.63) is 18.0 Å². The topological polar surface area (TPSA) is 37.8 Å². The van der Waals surface area contributed by atoms with Gasteiger partial charge in [0.05, 0.1) is 5.54 Å². The van der Waals surface area contributed by atoms with E-state index in [9.17, 15) is 0 Å². The van der Waals surface area contributed by atoms with Crippen molar-refractivity contribution in [3.63, 3.8) is 0 Å². The van der Waals surface area contributed by atoms with Crippen LogP contribution in [0.1, 0.15) is 38.2 Å². The van der Waals surface area contributed by atoms with E-state index in [1.165, 1.54) is 12.8 Å². The molecule has 1 aromatic rings. The Balaban J connectivity index is 2.10. The highest BCUT2D eigenvalue weighted by Crippen LogP contribution is 2.35. The molecule has 1 fully saturated rings. The van der Waals surface area contributed by atoms with E-state index in [0.717, 1.165) is 24.3 Å². The minimum absolute atomic E-state index is 0.0194. The van der Waals surface area contributed by atoms with Gasteiger partial charge in [-0.25, -0.2) is 9.97 Å². The van der Waals surface area contributed by atoms with Crippen molar-refractivity contribution in [1.82, 2.24) is 9.97 Å². The van der Waals surface area contributed by atoms with Gasteiger partial charge in [0.15, 0.2) is 0 Å². The van der Waals surface area contributed by atoms with E-state index in [1.54, 1.807) is 0 Å². The van der Waals surface area contributed by atoms with Gasteiger partial charge in [-0.05, 0) is 31.2 Å². The van der Waals surface area contributed by atoms with Crippen LogP contribution in [0.3, 0.4) is 0 Å². The maximum atomic E-state index is 6.17. The van der Waals surface area contributed by atoms with Gasteiger partial charge in [-0.15, -0.1) is 11.6 Å². The first-order chi connectivity index (χ1) is 8.13. The molecule has 2 unspecified atom stereocenters. The Morgan fingerprint density at radius 1 is 1.47 bits per heavy atom. The molecule has 2 atom stereocenters. The van der Waals surface area contributed by atoms with Crippen molar-refractivity contribution in [2.45, 2.75) is 45.1 Å². The number of hydrogen-bond donors (Lipinski definition) is 1. The zero-order valence-electron chi connectivity index (χ0n) is 10.5. The zero-order chi connectivity index (χ0) is 12.3. The Labute approximate surface area is 108 Å². The maximum absolute atomic E-state index is 6.17. The third-order valence-corrected chi connectivity index (χ3v) is 4.02. The second kappa shape index (κ2) is 5.21. The van der Waals surface area contributed by atoms with Crippen molar-refractivity contribution in [3.8, 4) is 0 Å². The minimum Gasteiger partial charge on any atom is -0.348 e. The van der Waals surface area contributed by atoms with Gasteiger partial charge in [0.1, 0.15) is 0 Å². The van der Waals surface area contributed by atoms with Crippen molar-refractivity contribution < 1.29 is 0 Å². The second-order valence-corrected chi connectivity index (χ2v) is 5.59. The van der Waals surface area contributed by atoms with Crippen LogP contribution < -0.4 is 5.32 Å². The van der Waals surface area contributed by atoms with Gasteiger partial charge in [0, 0.05) is 18.3 Å². The van der Waals surface area contributed by atoms with Gasteiger partial charge in [-0.1, -0.05) is 19.8 Å². The summed E-state index contributed by atoms with van der Waals surface area (Å²) in [5, 5.41) is 3.45. The maximum Gasteiger partial charge on any atom is 0.223 e. The highest BCUT2D eigenvalue weighted by Gasteiger charge is 2.34. The molecule has 0 saturated heterocycles. The van der Waals surface area contributed by atoms with E-state index in [2.05, 4.69) is 22.2 Å². The average Bonchev–Trinajstić information content (AvgIpc) is 2.32. The van der Waals surface area contributed by atoms with Gasteiger partial charge >= 0.3 is 0 Å². The lowest BCUT2D eigenvalue weighted by Gasteiger charge is -2.39. The first-order valence-electron chi connectivity index (χ1n) is 6.26. The number of halogens is 1. The van der Waals surface area contributed by atoms with E-state index in [0.29, 0.717) is 11.8 Å². The number of anilines is 1. The molecule has 1 aliphatic rings. The molecule has 1 N–H and O–H groups in total. The molecule has 0 aliphatic heterocycles. The van der Waals surface area contributed by atoms with E-state index < -0.39 is 0 Å². The molecule has 0 spiro atoms. The molecule has 1 aliphatic carbocycles. The normalized spacial score (nSPS) is 29.0. The molecule has 2 rings (SSSR count). The van der Waals surface area contributed by atoms with Crippen LogP contribution in [0, 0.1) is 12.8 Å². The van der Waals surface area contributed by atoms with Gasteiger partial charge in [-0.3, -0.25) is 0 Å². The number of aryl methyl sites for hydroxylation is 1. The lowest BCUT2D eigenvalue weighted by molar-refractivity contribution is 0.278. The molecule has 17 heavy (non-hydrogen) atoms. The first kappa shape index (κ1) is 12.6. The third-order valence-electron chi connectivity index (χ3n) is 3.51. The molecule has 3 nitrogen and oxygen atoms in total. The fourth-order valence-electron chi connectivity index (χ4n) is 2.62. The molecule has 1 heterocycles. The molecule has 94 valence electrons. The van der Waals surface area contributed by atoms with E-state index in [4.69, 9.17) is 11.6 Å². The molecule has 0 aromatic carbocycles. The van der Waals surface area contributed by atoms with Gasteiger partial charge in [-0.2, -0.15) is 0 Å². The largest absolute Gasteiger partial charge is 0.348 e. The van der Waals surface area contributed by atoms with Crippen molar-refractivity contribution in [1.29, 1.82) is 0 Å². The number of alkyl halides is 1. The summed E-state index contributed by atoms with van der Waals surface area (Å²) >= 11 is 6.17. The van der Waals surface area contributed by atoms with E-state index in [1.807, 2.05) is 19.3 Å². The predicted molar refractivity (Wildman–Crippen MR) is 71.5 cm³/mol. The fourth-order valence-corrected chi connectivity index (χ4v) is 2.93. The van der Waals surface area contributed by atoms with Crippen molar-refractivity contribution in [2.24, 2.45) is 5.92 Å². The second-order valence-electron chi connectivity index (χ2n) is 5.32. The number of nitrogens with zero attached hydrogens (tertiary/aromatic N) is 2. The summed E-state index contributed by atoms with van der Waals surface area (Å²) < 4.78 is 0. The summed E-state index contributed by atoms with van der Waals surface area (Å²) in [6.45, 7) is 4.28. The number of aromatic nitrogens is 2. The molecular formula is C13H20ClN3. The Kier molecular flexibility index (Phi) is 3.87. The monoisotopic (exact) mass is 253 g/mol.